The summed E-state index contributed by atoms with van der Waals surface area (Å²) in [7, 11) is 1.59. The van der Waals surface area contributed by atoms with Crippen molar-refractivity contribution in [1.29, 1.82) is 0 Å². The van der Waals surface area contributed by atoms with E-state index < -0.39 is 10.8 Å². The third-order valence-corrected chi connectivity index (χ3v) is 3.69. The number of benzene rings is 2. The van der Waals surface area contributed by atoms with Crippen LogP contribution in [0.4, 0.5) is 5.69 Å². The van der Waals surface area contributed by atoms with E-state index in [1.54, 1.807) is 25.3 Å². The summed E-state index contributed by atoms with van der Waals surface area (Å²) in [5.74, 6) is 0.272. The first kappa shape index (κ1) is 17.8. The predicted octanol–water partition coefficient (Wildman–Crippen LogP) is 2.76. The lowest BCUT2D eigenvalue weighted by molar-refractivity contribution is -0.384. The molecular formula is C18H15N5O4. The summed E-state index contributed by atoms with van der Waals surface area (Å²) in [6.07, 6.45) is 1.39. The molecule has 0 bridgehead atoms. The van der Waals surface area contributed by atoms with Gasteiger partial charge in [0.2, 0.25) is 0 Å². The average molecular weight is 365 g/mol. The standard InChI is InChI=1S/C18H15N5O4/c1-27-15-8-4-13(5-9-15)16-10-17(21-20-16)18(24)22-19-11-12-2-6-14(7-3-12)23(25)26/h2-11H,1H3,(H,20,21)(H,22,24). The molecule has 0 aliphatic rings. The van der Waals surface area contributed by atoms with Crippen molar-refractivity contribution >= 4 is 17.8 Å². The Morgan fingerprint density at radius 3 is 2.56 bits per heavy atom. The molecule has 0 saturated heterocycles. The minimum absolute atomic E-state index is 0.0142. The van der Waals surface area contributed by atoms with Crippen molar-refractivity contribution < 1.29 is 14.5 Å². The predicted molar refractivity (Wildman–Crippen MR) is 98.7 cm³/mol. The highest BCUT2D eigenvalue weighted by Crippen LogP contribution is 2.21. The number of nitro groups is 1. The minimum atomic E-state index is -0.485. The number of H-pyrrole nitrogens is 1. The van der Waals surface area contributed by atoms with E-state index in [4.69, 9.17) is 4.74 Å². The van der Waals surface area contributed by atoms with E-state index in [1.165, 1.54) is 30.5 Å². The van der Waals surface area contributed by atoms with Crippen LogP contribution in [0.5, 0.6) is 5.75 Å². The monoisotopic (exact) mass is 365 g/mol. The fourth-order valence-electron chi connectivity index (χ4n) is 2.26. The van der Waals surface area contributed by atoms with Crippen LogP contribution in [0.2, 0.25) is 0 Å². The maximum atomic E-state index is 12.1. The highest BCUT2D eigenvalue weighted by atomic mass is 16.6. The average Bonchev–Trinajstić information content (AvgIpc) is 3.19. The van der Waals surface area contributed by atoms with Gasteiger partial charge < -0.3 is 4.74 Å². The van der Waals surface area contributed by atoms with Gasteiger partial charge in [0.05, 0.1) is 23.9 Å². The Labute approximate surface area is 153 Å². The maximum Gasteiger partial charge on any atom is 0.289 e. The van der Waals surface area contributed by atoms with Crippen molar-refractivity contribution in [2.75, 3.05) is 7.11 Å². The number of hydrazone groups is 1. The normalized spacial score (nSPS) is 10.7. The van der Waals surface area contributed by atoms with Crippen LogP contribution in [0.1, 0.15) is 16.1 Å². The Bertz CT molecular complexity index is 978. The summed E-state index contributed by atoms with van der Waals surface area (Å²) < 4.78 is 5.11. The van der Waals surface area contributed by atoms with Gasteiger partial charge in [-0.3, -0.25) is 20.0 Å². The van der Waals surface area contributed by atoms with Crippen LogP contribution >= 0.6 is 0 Å². The largest absolute Gasteiger partial charge is 0.497 e. The molecule has 1 heterocycles. The minimum Gasteiger partial charge on any atom is -0.497 e. The maximum absolute atomic E-state index is 12.1. The van der Waals surface area contributed by atoms with Crippen molar-refractivity contribution in [2.24, 2.45) is 5.10 Å². The number of rotatable bonds is 6. The molecular weight excluding hydrogens is 350 g/mol. The van der Waals surface area contributed by atoms with Crippen molar-refractivity contribution in [1.82, 2.24) is 15.6 Å². The second-order valence-electron chi connectivity index (χ2n) is 5.44. The SMILES string of the molecule is COc1ccc(-c2cc(C(=O)NN=Cc3ccc([N+](=O)[O-])cc3)[nH]n2)cc1. The molecule has 0 spiro atoms. The lowest BCUT2D eigenvalue weighted by Gasteiger charge is -2.00. The highest BCUT2D eigenvalue weighted by Gasteiger charge is 2.10. The van der Waals surface area contributed by atoms with Gasteiger partial charge in [0, 0.05) is 17.7 Å². The van der Waals surface area contributed by atoms with Gasteiger partial charge in [0.15, 0.2) is 0 Å². The molecule has 2 aromatic carbocycles. The smallest absolute Gasteiger partial charge is 0.289 e. The van der Waals surface area contributed by atoms with E-state index in [9.17, 15) is 14.9 Å². The first-order valence-corrected chi connectivity index (χ1v) is 7.84. The third-order valence-electron chi connectivity index (χ3n) is 3.69. The van der Waals surface area contributed by atoms with Crippen LogP contribution in [0.15, 0.2) is 59.7 Å². The number of carbonyl (C=O) groups excluding carboxylic acids is 1. The number of hydrogen-bond donors (Lipinski definition) is 2. The molecule has 9 heteroatoms. The van der Waals surface area contributed by atoms with Crippen LogP contribution in [-0.2, 0) is 0 Å². The molecule has 9 nitrogen and oxygen atoms in total. The first-order chi connectivity index (χ1) is 13.1. The zero-order chi connectivity index (χ0) is 19.2. The number of nitrogens with zero attached hydrogens (tertiary/aromatic N) is 3. The van der Waals surface area contributed by atoms with Gasteiger partial charge in [-0.05, 0) is 48.0 Å². The van der Waals surface area contributed by atoms with Gasteiger partial charge in [0.1, 0.15) is 11.4 Å². The molecule has 0 aliphatic heterocycles. The number of methoxy groups -OCH3 is 1. The topological polar surface area (TPSA) is 123 Å². The summed E-state index contributed by atoms with van der Waals surface area (Å²) in [6, 6.07) is 14.7. The Balaban J connectivity index is 1.62. The molecule has 0 radical (unpaired) electrons. The number of non-ortho nitro benzene ring substituents is 1. The fraction of sp³-hybridized carbons (Fsp3) is 0.0556. The Hall–Kier alpha value is -4.01. The Kier molecular flexibility index (Phi) is 5.22. The van der Waals surface area contributed by atoms with Crippen LogP contribution < -0.4 is 10.2 Å². The van der Waals surface area contributed by atoms with Crippen molar-refractivity contribution in [3.8, 4) is 17.0 Å². The highest BCUT2D eigenvalue weighted by molar-refractivity contribution is 5.94. The molecule has 136 valence electrons. The van der Waals surface area contributed by atoms with Gasteiger partial charge >= 0.3 is 0 Å². The lowest BCUT2D eigenvalue weighted by Crippen LogP contribution is -2.17. The van der Waals surface area contributed by atoms with Crippen molar-refractivity contribution in [3.63, 3.8) is 0 Å². The van der Waals surface area contributed by atoms with Gasteiger partial charge in [-0.15, -0.1) is 0 Å². The van der Waals surface area contributed by atoms with E-state index in [0.717, 1.165) is 11.3 Å². The number of nitrogens with one attached hydrogen (secondary N) is 2. The summed E-state index contributed by atoms with van der Waals surface area (Å²) in [6.45, 7) is 0. The quantitative estimate of drug-likeness (QED) is 0.395. The van der Waals surface area contributed by atoms with Crippen LogP contribution in [-0.4, -0.2) is 34.4 Å². The molecule has 0 aliphatic carbocycles. The molecule has 0 unspecified atom stereocenters. The van der Waals surface area contributed by atoms with Gasteiger partial charge in [-0.2, -0.15) is 10.2 Å². The van der Waals surface area contributed by atoms with E-state index in [0.29, 0.717) is 11.3 Å². The molecule has 27 heavy (non-hydrogen) atoms. The summed E-state index contributed by atoms with van der Waals surface area (Å²) in [5.41, 5.74) is 4.67. The fourth-order valence-corrected chi connectivity index (χ4v) is 2.26. The van der Waals surface area contributed by atoms with Gasteiger partial charge in [0.25, 0.3) is 11.6 Å². The van der Waals surface area contributed by atoms with Crippen molar-refractivity contribution in [2.45, 2.75) is 0 Å². The van der Waals surface area contributed by atoms with E-state index in [1.807, 2.05) is 12.1 Å². The number of ether oxygens (including phenoxy) is 1. The van der Waals surface area contributed by atoms with Gasteiger partial charge in [-0.25, -0.2) is 5.43 Å². The molecule has 1 amide bonds. The lowest BCUT2D eigenvalue weighted by atomic mass is 10.1. The molecule has 0 saturated carbocycles. The number of nitro benzene ring substituents is 1. The summed E-state index contributed by atoms with van der Waals surface area (Å²) in [4.78, 5) is 22.2. The van der Waals surface area contributed by atoms with E-state index >= 15 is 0 Å². The number of hydrogen-bond acceptors (Lipinski definition) is 6. The molecule has 0 fully saturated rings. The summed E-state index contributed by atoms with van der Waals surface area (Å²) in [5, 5.41) is 21.2. The van der Waals surface area contributed by atoms with Gasteiger partial charge in [-0.1, -0.05) is 0 Å². The van der Waals surface area contributed by atoms with E-state index in [2.05, 4.69) is 20.7 Å². The molecule has 3 rings (SSSR count). The molecule has 2 N–H and O–H groups in total. The van der Waals surface area contributed by atoms with Crippen LogP contribution in [0.25, 0.3) is 11.3 Å². The summed E-state index contributed by atoms with van der Waals surface area (Å²) >= 11 is 0. The van der Waals surface area contributed by atoms with Crippen LogP contribution in [0, 0.1) is 10.1 Å². The third kappa shape index (κ3) is 4.34. The number of amides is 1. The molecule has 3 aromatic rings. The second kappa shape index (κ2) is 7.91. The van der Waals surface area contributed by atoms with Crippen molar-refractivity contribution in [3.05, 3.63) is 76.0 Å². The second-order valence-corrected chi connectivity index (χ2v) is 5.44. The van der Waals surface area contributed by atoms with Crippen LogP contribution in [0.3, 0.4) is 0 Å². The number of carbonyl (C=O) groups is 1. The number of aromatic amines is 1. The molecule has 0 atom stereocenters. The number of aromatic nitrogens is 2. The zero-order valence-corrected chi connectivity index (χ0v) is 14.2. The van der Waals surface area contributed by atoms with E-state index in [-0.39, 0.29) is 11.4 Å². The Morgan fingerprint density at radius 1 is 1.22 bits per heavy atom. The zero-order valence-electron chi connectivity index (χ0n) is 14.2. The Morgan fingerprint density at radius 2 is 1.93 bits per heavy atom. The first-order valence-electron chi connectivity index (χ1n) is 7.84. The molecule has 1 aromatic heterocycles.